The summed E-state index contributed by atoms with van der Waals surface area (Å²) in [4.78, 5) is 14.5. The number of nitrogens with one attached hydrogen (secondary N) is 1. The van der Waals surface area contributed by atoms with Crippen LogP contribution in [-0.4, -0.2) is 43.1 Å². The lowest BCUT2D eigenvalue weighted by atomic mass is 10.0. The topological polar surface area (TPSA) is 67.6 Å². The standard InChI is InChI=1S/C18H29N3O2.2ClH/c1-13-12-16(20-18(22)14(2)15(3)19)6-7-17(13)23-11-10-21-8-4-5-9-21;;/h6-7,12,14-15H,4-5,8-11,19H2,1-3H3,(H,20,22);2*1H. The number of rotatable bonds is 7. The van der Waals surface area contributed by atoms with Gasteiger partial charge in [0.25, 0.3) is 0 Å². The maximum absolute atomic E-state index is 12.0. The molecule has 0 aliphatic carbocycles. The Hall–Kier alpha value is -1.01. The molecule has 5 nitrogen and oxygen atoms in total. The molecule has 0 aromatic heterocycles. The second-order valence-electron chi connectivity index (χ2n) is 6.51. The summed E-state index contributed by atoms with van der Waals surface area (Å²) in [5, 5.41) is 2.91. The number of benzene rings is 1. The summed E-state index contributed by atoms with van der Waals surface area (Å²) in [6.07, 6.45) is 2.60. The third-order valence-corrected chi connectivity index (χ3v) is 4.51. The quantitative estimate of drug-likeness (QED) is 0.748. The van der Waals surface area contributed by atoms with E-state index in [0.29, 0.717) is 6.61 Å². The lowest BCUT2D eigenvalue weighted by molar-refractivity contribution is -0.119. The van der Waals surface area contributed by atoms with Crippen LogP contribution in [0.3, 0.4) is 0 Å². The van der Waals surface area contributed by atoms with Gasteiger partial charge in [-0.2, -0.15) is 0 Å². The molecule has 25 heavy (non-hydrogen) atoms. The number of carbonyl (C=O) groups excluding carboxylic acids is 1. The van der Waals surface area contributed by atoms with E-state index in [9.17, 15) is 4.79 Å². The summed E-state index contributed by atoms with van der Waals surface area (Å²) in [6, 6.07) is 5.58. The van der Waals surface area contributed by atoms with Crippen molar-refractivity contribution in [1.29, 1.82) is 0 Å². The summed E-state index contributed by atoms with van der Waals surface area (Å²) in [7, 11) is 0. The summed E-state index contributed by atoms with van der Waals surface area (Å²) >= 11 is 0. The van der Waals surface area contributed by atoms with Gasteiger partial charge in [0, 0.05) is 18.3 Å². The van der Waals surface area contributed by atoms with Crippen LogP contribution in [0.15, 0.2) is 18.2 Å². The van der Waals surface area contributed by atoms with Crippen molar-refractivity contribution in [3.05, 3.63) is 23.8 Å². The van der Waals surface area contributed by atoms with Crippen LogP contribution < -0.4 is 15.8 Å². The molecule has 1 amide bonds. The molecule has 7 heteroatoms. The second kappa shape index (κ2) is 11.6. The fraction of sp³-hybridized carbons (Fsp3) is 0.611. The molecule has 2 rings (SSSR count). The summed E-state index contributed by atoms with van der Waals surface area (Å²) in [5.74, 6) is 0.608. The van der Waals surface area contributed by atoms with E-state index in [4.69, 9.17) is 10.5 Å². The number of ether oxygens (including phenoxy) is 1. The van der Waals surface area contributed by atoms with E-state index in [1.165, 1.54) is 25.9 Å². The first-order valence-corrected chi connectivity index (χ1v) is 8.49. The van der Waals surface area contributed by atoms with Crippen molar-refractivity contribution >= 4 is 36.4 Å². The Labute approximate surface area is 163 Å². The minimum atomic E-state index is -0.216. The molecule has 1 heterocycles. The Bertz CT molecular complexity index is 535. The second-order valence-corrected chi connectivity index (χ2v) is 6.51. The number of halogens is 2. The zero-order valence-electron chi connectivity index (χ0n) is 15.3. The van der Waals surface area contributed by atoms with E-state index in [-0.39, 0.29) is 42.7 Å². The van der Waals surface area contributed by atoms with Gasteiger partial charge in [0.1, 0.15) is 12.4 Å². The largest absolute Gasteiger partial charge is 0.492 e. The Morgan fingerprint density at radius 2 is 1.92 bits per heavy atom. The van der Waals surface area contributed by atoms with Gasteiger partial charge in [0.15, 0.2) is 0 Å². The summed E-state index contributed by atoms with van der Waals surface area (Å²) < 4.78 is 5.87. The molecule has 1 aliphatic rings. The van der Waals surface area contributed by atoms with E-state index in [1.54, 1.807) is 0 Å². The molecule has 0 spiro atoms. The van der Waals surface area contributed by atoms with Gasteiger partial charge in [-0.15, -0.1) is 24.8 Å². The summed E-state index contributed by atoms with van der Waals surface area (Å²) in [5.41, 5.74) is 7.58. The Morgan fingerprint density at radius 1 is 1.28 bits per heavy atom. The van der Waals surface area contributed by atoms with Gasteiger partial charge >= 0.3 is 0 Å². The maximum atomic E-state index is 12.0. The van der Waals surface area contributed by atoms with E-state index in [1.807, 2.05) is 39.0 Å². The molecule has 2 unspecified atom stereocenters. The highest BCUT2D eigenvalue weighted by Gasteiger charge is 2.17. The Kier molecular flexibility index (Phi) is 11.1. The highest BCUT2D eigenvalue weighted by Crippen LogP contribution is 2.22. The molecule has 0 radical (unpaired) electrons. The van der Waals surface area contributed by atoms with Crippen LogP contribution >= 0.6 is 24.8 Å². The van der Waals surface area contributed by atoms with Crippen LogP contribution in [0.5, 0.6) is 5.75 Å². The minimum Gasteiger partial charge on any atom is -0.492 e. The number of hydrogen-bond donors (Lipinski definition) is 2. The van der Waals surface area contributed by atoms with Crippen molar-refractivity contribution in [3.63, 3.8) is 0 Å². The molecule has 1 aliphatic heterocycles. The first-order chi connectivity index (χ1) is 11.0. The fourth-order valence-electron chi connectivity index (χ4n) is 2.67. The SMILES string of the molecule is Cc1cc(NC(=O)C(C)C(C)N)ccc1OCCN1CCCC1.Cl.Cl. The number of nitrogens with two attached hydrogens (primary N) is 1. The van der Waals surface area contributed by atoms with E-state index >= 15 is 0 Å². The van der Waals surface area contributed by atoms with Crippen molar-refractivity contribution in [3.8, 4) is 5.75 Å². The predicted molar refractivity (Wildman–Crippen MR) is 108 cm³/mol. The lowest BCUT2D eigenvalue weighted by Crippen LogP contribution is -2.34. The van der Waals surface area contributed by atoms with E-state index in [0.717, 1.165) is 23.5 Å². The molecule has 1 aromatic carbocycles. The molecule has 3 N–H and O–H groups in total. The molecular formula is C18H31Cl2N3O2. The lowest BCUT2D eigenvalue weighted by Gasteiger charge is -2.17. The molecule has 2 atom stereocenters. The number of carbonyl (C=O) groups is 1. The van der Waals surface area contributed by atoms with Crippen molar-refractivity contribution in [2.45, 2.75) is 39.7 Å². The minimum absolute atomic E-state index is 0. The first kappa shape index (κ1) is 24.0. The number of hydrogen-bond acceptors (Lipinski definition) is 4. The first-order valence-electron chi connectivity index (χ1n) is 8.49. The van der Waals surface area contributed by atoms with Crippen LogP contribution in [0.2, 0.25) is 0 Å². The number of nitrogens with zero attached hydrogens (tertiary/aromatic N) is 1. The van der Waals surface area contributed by atoms with Crippen molar-refractivity contribution in [1.82, 2.24) is 4.90 Å². The van der Waals surface area contributed by atoms with Gasteiger partial charge in [0.2, 0.25) is 5.91 Å². The van der Waals surface area contributed by atoms with Gasteiger partial charge in [-0.25, -0.2) is 0 Å². The molecule has 1 saturated heterocycles. The smallest absolute Gasteiger partial charge is 0.228 e. The monoisotopic (exact) mass is 391 g/mol. The Balaban J connectivity index is 0.00000288. The van der Waals surface area contributed by atoms with E-state index < -0.39 is 0 Å². The predicted octanol–water partition coefficient (Wildman–Crippen LogP) is 3.24. The van der Waals surface area contributed by atoms with Crippen molar-refractivity contribution in [2.24, 2.45) is 11.7 Å². The van der Waals surface area contributed by atoms with Gasteiger partial charge in [-0.1, -0.05) is 6.92 Å². The number of amides is 1. The molecular weight excluding hydrogens is 361 g/mol. The highest BCUT2D eigenvalue weighted by molar-refractivity contribution is 5.92. The van der Waals surface area contributed by atoms with Crippen molar-refractivity contribution < 1.29 is 9.53 Å². The maximum Gasteiger partial charge on any atom is 0.228 e. The van der Waals surface area contributed by atoms with Crippen LogP contribution in [0, 0.1) is 12.8 Å². The number of aryl methyl sites for hydroxylation is 1. The fourth-order valence-corrected chi connectivity index (χ4v) is 2.67. The summed E-state index contributed by atoms with van der Waals surface area (Å²) in [6.45, 7) is 9.72. The van der Waals surface area contributed by atoms with Gasteiger partial charge in [-0.3, -0.25) is 9.69 Å². The van der Waals surface area contributed by atoms with Crippen LogP contribution in [0.25, 0.3) is 0 Å². The molecule has 0 bridgehead atoms. The average Bonchev–Trinajstić information content (AvgIpc) is 3.01. The molecule has 1 fully saturated rings. The molecule has 1 aromatic rings. The van der Waals surface area contributed by atoms with Gasteiger partial charge in [-0.05, 0) is 63.5 Å². The zero-order valence-corrected chi connectivity index (χ0v) is 16.9. The van der Waals surface area contributed by atoms with Crippen LogP contribution in [0.4, 0.5) is 5.69 Å². The van der Waals surface area contributed by atoms with E-state index in [2.05, 4.69) is 10.2 Å². The third kappa shape index (κ3) is 7.40. The van der Waals surface area contributed by atoms with Crippen molar-refractivity contribution in [2.75, 3.05) is 31.6 Å². The third-order valence-electron chi connectivity index (χ3n) is 4.51. The average molecular weight is 392 g/mol. The Morgan fingerprint density at radius 3 is 2.48 bits per heavy atom. The number of likely N-dealkylation sites (tertiary alicyclic amines) is 1. The zero-order chi connectivity index (χ0) is 16.8. The van der Waals surface area contributed by atoms with Gasteiger partial charge in [0.05, 0.1) is 5.92 Å². The normalized spacial score (nSPS) is 16.3. The molecule has 144 valence electrons. The van der Waals surface area contributed by atoms with Gasteiger partial charge < -0.3 is 15.8 Å². The van der Waals surface area contributed by atoms with Crippen LogP contribution in [-0.2, 0) is 4.79 Å². The molecule has 0 saturated carbocycles. The number of anilines is 1. The highest BCUT2D eigenvalue weighted by atomic mass is 35.5. The van der Waals surface area contributed by atoms with Crippen LogP contribution in [0.1, 0.15) is 32.3 Å².